The van der Waals surface area contributed by atoms with Crippen LogP contribution in [0.3, 0.4) is 0 Å². The summed E-state index contributed by atoms with van der Waals surface area (Å²) in [5.74, 6) is 0. The molecule has 96 valence electrons. The van der Waals surface area contributed by atoms with Crippen LogP contribution in [-0.4, -0.2) is 46.5 Å². The van der Waals surface area contributed by atoms with Crippen molar-refractivity contribution >= 4 is 10.0 Å². The van der Waals surface area contributed by atoms with E-state index >= 15 is 0 Å². The summed E-state index contributed by atoms with van der Waals surface area (Å²) < 4.78 is 31.5. The highest BCUT2D eigenvalue weighted by atomic mass is 32.2. The SMILES string of the molecule is COCC[C@H](C)S(=O)(=O)N[C@@H]1CCCNC1. The molecular weight excluding hydrogens is 228 g/mol. The van der Waals surface area contributed by atoms with Crippen LogP contribution in [0.4, 0.5) is 0 Å². The van der Waals surface area contributed by atoms with Gasteiger partial charge < -0.3 is 10.1 Å². The van der Waals surface area contributed by atoms with Gasteiger partial charge in [-0.3, -0.25) is 0 Å². The van der Waals surface area contributed by atoms with Crippen molar-refractivity contribution in [1.29, 1.82) is 0 Å². The smallest absolute Gasteiger partial charge is 0.214 e. The minimum Gasteiger partial charge on any atom is -0.385 e. The maximum absolute atomic E-state index is 11.9. The number of sulfonamides is 1. The van der Waals surface area contributed by atoms with E-state index in [1.165, 1.54) is 0 Å². The molecule has 0 aromatic rings. The third-order valence-corrected chi connectivity index (χ3v) is 4.84. The van der Waals surface area contributed by atoms with Crippen molar-refractivity contribution in [1.82, 2.24) is 10.0 Å². The van der Waals surface area contributed by atoms with Crippen LogP contribution in [0.2, 0.25) is 0 Å². The molecule has 2 N–H and O–H groups in total. The van der Waals surface area contributed by atoms with Crippen LogP contribution in [-0.2, 0) is 14.8 Å². The molecule has 1 fully saturated rings. The van der Waals surface area contributed by atoms with E-state index in [0.717, 1.165) is 25.9 Å². The average molecular weight is 250 g/mol. The average Bonchev–Trinajstić information content (AvgIpc) is 2.26. The van der Waals surface area contributed by atoms with Gasteiger partial charge in [0.05, 0.1) is 5.25 Å². The molecule has 16 heavy (non-hydrogen) atoms. The van der Waals surface area contributed by atoms with E-state index < -0.39 is 15.3 Å². The highest BCUT2D eigenvalue weighted by Crippen LogP contribution is 2.08. The molecule has 6 heteroatoms. The fraction of sp³-hybridized carbons (Fsp3) is 1.00. The predicted octanol–water partition coefficient (Wildman–Crippen LogP) is 0.0828. The summed E-state index contributed by atoms with van der Waals surface area (Å²) in [5, 5.41) is 2.79. The summed E-state index contributed by atoms with van der Waals surface area (Å²) >= 11 is 0. The van der Waals surface area contributed by atoms with Gasteiger partial charge in [0.1, 0.15) is 0 Å². The van der Waals surface area contributed by atoms with E-state index in [9.17, 15) is 8.42 Å². The fourth-order valence-electron chi connectivity index (χ4n) is 1.74. The van der Waals surface area contributed by atoms with Crippen LogP contribution in [0.25, 0.3) is 0 Å². The monoisotopic (exact) mass is 250 g/mol. The molecule has 1 heterocycles. The molecule has 1 aliphatic heterocycles. The molecule has 2 atom stereocenters. The summed E-state index contributed by atoms with van der Waals surface area (Å²) in [7, 11) is -1.62. The van der Waals surface area contributed by atoms with E-state index in [1.54, 1.807) is 14.0 Å². The lowest BCUT2D eigenvalue weighted by Gasteiger charge is -2.25. The maximum atomic E-state index is 11.9. The Morgan fingerprint density at radius 2 is 2.31 bits per heavy atom. The van der Waals surface area contributed by atoms with E-state index in [-0.39, 0.29) is 6.04 Å². The van der Waals surface area contributed by atoms with Crippen molar-refractivity contribution in [3.63, 3.8) is 0 Å². The molecule has 0 aromatic heterocycles. The highest BCUT2D eigenvalue weighted by Gasteiger charge is 2.24. The number of piperidine rings is 1. The molecule has 1 aliphatic rings. The number of hydrogen-bond acceptors (Lipinski definition) is 4. The van der Waals surface area contributed by atoms with Gasteiger partial charge in [0.2, 0.25) is 10.0 Å². The number of nitrogens with one attached hydrogen (secondary N) is 2. The Labute approximate surface area is 98.0 Å². The number of methoxy groups -OCH3 is 1. The third kappa shape index (κ3) is 4.37. The van der Waals surface area contributed by atoms with Gasteiger partial charge in [-0.25, -0.2) is 13.1 Å². The molecule has 0 bridgehead atoms. The molecule has 1 saturated heterocycles. The van der Waals surface area contributed by atoms with Crippen molar-refractivity contribution in [3.05, 3.63) is 0 Å². The summed E-state index contributed by atoms with van der Waals surface area (Å²) in [4.78, 5) is 0. The Bertz CT molecular complexity index is 286. The second-order valence-electron chi connectivity index (χ2n) is 4.30. The van der Waals surface area contributed by atoms with Crippen LogP contribution in [0.1, 0.15) is 26.2 Å². The van der Waals surface area contributed by atoms with Gasteiger partial charge in [-0.05, 0) is 32.7 Å². The van der Waals surface area contributed by atoms with E-state index in [4.69, 9.17) is 4.74 Å². The Kier molecular flexibility index (Phi) is 5.68. The maximum Gasteiger partial charge on any atom is 0.214 e. The first kappa shape index (κ1) is 13.9. The van der Waals surface area contributed by atoms with Crippen LogP contribution >= 0.6 is 0 Å². The van der Waals surface area contributed by atoms with Gasteiger partial charge in [0, 0.05) is 26.3 Å². The van der Waals surface area contributed by atoms with Crippen LogP contribution in [0, 0.1) is 0 Å². The quantitative estimate of drug-likeness (QED) is 0.701. The Hall–Kier alpha value is -0.170. The summed E-state index contributed by atoms with van der Waals surface area (Å²) in [5.41, 5.74) is 0. The second-order valence-corrected chi connectivity index (χ2v) is 6.43. The molecule has 1 rings (SSSR count). The lowest BCUT2D eigenvalue weighted by molar-refractivity contribution is 0.194. The zero-order chi connectivity index (χ0) is 12.0. The van der Waals surface area contributed by atoms with Gasteiger partial charge in [0.25, 0.3) is 0 Å². The minimum absolute atomic E-state index is 0.0451. The topological polar surface area (TPSA) is 67.4 Å². The molecule has 0 unspecified atom stereocenters. The Morgan fingerprint density at radius 3 is 2.88 bits per heavy atom. The molecule has 0 aliphatic carbocycles. The normalized spacial score (nSPS) is 24.2. The van der Waals surface area contributed by atoms with Gasteiger partial charge in [-0.1, -0.05) is 0 Å². The lowest BCUT2D eigenvalue weighted by atomic mass is 10.1. The summed E-state index contributed by atoms with van der Waals surface area (Å²) in [6, 6.07) is 0.0451. The van der Waals surface area contributed by atoms with Crippen molar-refractivity contribution in [3.8, 4) is 0 Å². The number of hydrogen-bond donors (Lipinski definition) is 2. The number of ether oxygens (including phenoxy) is 1. The Morgan fingerprint density at radius 1 is 1.56 bits per heavy atom. The molecule has 0 saturated carbocycles. The first-order valence-corrected chi connectivity index (χ1v) is 7.31. The van der Waals surface area contributed by atoms with Crippen molar-refractivity contribution in [2.45, 2.75) is 37.5 Å². The zero-order valence-corrected chi connectivity index (χ0v) is 10.8. The first-order chi connectivity index (χ1) is 7.56. The van der Waals surface area contributed by atoms with Gasteiger partial charge >= 0.3 is 0 Å². The highest BCUT2D eigenvalue weighted by molar-refractivity contribution is 7.90. The number of rotatable bonds is 6. The van der Waals surface area contributed by atoms with Crippen LogP contribution in [0.15, 0.2) is 0 Å². The van der Waals surface area contributed by atoms with E-state index in [0.29, 0.717) is 13.0 Å². The molecule has 0 radical (unpaired) electrons. The molecule has 5 nitrogen and oxygen atoms in total. The fourth-order valence-corrected chi connectivity index (χ4v) is 3.04. The first-order valence-electron chi connectivity index (χ1n) is 5.77. The Balaban J connectivity index is 2.42. The molecule has 0 amide bonds. The van der Waals surface area contributed by atoms with Gasteiger partial charge in [-0.15, -0.1) is 0 Å². The molecule has 0 spiro atoms. The molecular formula is C10H22N2O3S. The predicted molar refractivity (Wildman–Crippen MR) is 63.9 cm³/mol. The standard InChI is InChI=1S/C10H22N2O3S/c1-9(5-7-15-2)16(13,14)12-10-4-3-6-11-8-10/h9-12H,3-8H2,1-2H3/t9-,10+/m0/s1. The van der Waals surface area contributed by atoms with Crippen molar-refractivity contribution in [2.24, 2.45) is 0 Å². The van der Waals surface area contributed by atoms with Gasteiger partial charge in [-0.2, -0.15) is 0 Å². The van der Waals surface area contributed by atoms with E-state index in [1.807, 2.05) is 0 Å². The summed E-state index contributed by atoms with van der Waals surface area (Å²) in [6.45, 7) is 3.91. The zero-order valence-electron chi connectivity index (χ0n) is 10.0. The minimum atomic E-state index is -3.20. The van der Waals surface area contributed by atoms with Crippen LogP contribution in [0.5, 0.6) is 0 Å². The van der Waals surface area contributed by atoms with E-state index in [2.05, 4.69) is 10.0 Å². The largest absolute Gasteiger partial charge is 0.385 e. The molecule has 0 aromatic carbocycles. The van der Waals surface area contributed by atoms with Gasteiger partial charge in [0.15, 0.2) is 0 Å². The summed E-state index contributed by atoms with van der Waals surface area (Å²) in [6.07, 6.45) is 2.48. The van der Waals surface area contributed by atoms with Crippen LogP contribution < -0.4 is 10.0 Å². The third-order valence-electron chi connectivity index (χ3n) is 2.89. The van der Waals surface area contributed by atoms with Crippen molar-refractivity contribution < 1.29 is 13.2 Å². The second kappa shape index (κ2) is 6.54. The lowest BCUT2D eigenvalue weighted by Crippen LogP contribution is -2.48. The van der Waals surface area contributed by atoms with Crippen molar-refractivity contribution in [2.75, 3.05) is 26.8 Å².